The van der Waals surface area contributed by atoms with E-state index in [0.29, 0.717) is 12.2 Å². The minimum absolute atomic E-state index is 0.233. The fourth-order valence-electron chi connectivity index (χ4n) is 1.87. The molecular weight excluding hydrogens is 292 g/mol. The van der Waals surface area contributed by atoms with Gasteiger partial charge in [0.2, 0.25) is 0 Å². The summed E-state index contributed by atoms with van der Waals surface area (Å²) >= 11 is 1.45. The highest BCUT2D eigenvalue weighted by molar-refractivity contribution is 7.10. The van der Waals surface area contributed by atoms with Gasteiger partial charge in [-0.1, -0.05) is 0 Å². The smallest absolute Gasteiger partial charge is 0.350 e. The van der Waals surface area contributed by atoms with Gasteiger partial charge in [0.05, 0.1) is 12.7 Å². The number of hydrogen-bond acceptors (Lipinski definition) is 5. The van der Waals surface area contributed by atoms with Crippen molar-refractivity contribution in [2.24, 2.45) is 0 Å². The molecule has 0 aromatic carbocycles. The Hall–Kier alpha value is -2.74. The van der Waals surface area contributed by atoms with Crippen molar-refractivity contribution in [3.63, 3.8) is 0 Å². The van der Waals surface area contributed by atoms with E-state index in [4.69, 9.17) is 5.11 Å². The van der Waals surface area contributed by atoms with Gasteiger partial charge in [0.25, 0.3) is 0 Å². The Morgan fingerprint density at radius 2 is 2.33 bits per heavy atom. The van der Waals surface area contributed by atoms with E-state index < -0.39 is 5.97 Å². The van der Waals surface area contributed by atoms with Crippen LogP contribution < -0.4 is 5.69 Å². The van der Waals surface area contributed by atoms with Gasteiger partial charge >= 0.3 is 11.7 Å². The summed E-state index contributed by atoms with van der Waals surface area (Å²) in [5, 5.41) is 14.6. The molecule has 8 heteroatoms. The van der Waals surface area contributed by atoms with E-state index in [1.54, 1.807) is 6.20 Å². The monoisotopic (exact) mass is 302 g/mol. The molecule has 0 aliphatic rings. The first-order valence-corrected chi connectivity index (χ1v) is 6.89. The number of thiophene rings is 1. The number of fused-ring (bicyclic) bond motifs is 1. The molecule has 0 unspecified atom stereocenters. The lowest BCUT2D eigenvalue weighted by atomic mass is 10.3. The highest BCUT2D eigenvalue weighted by Gasteiger charge is 2.08. The van der Waals surface area contributed by atoms with Crippen molar-refractivity contribution in [3.8, 4) is 0 Å². The number of carbonyl (C=O) groups is 1. The summed E-state index contributed by atoms with van der Waals surface area (Å²) < 4.78 is 2.78. The topological polar surface area (TPSA) is 89.5 Å². The Balaban J connectivity index is 1.87. The summed E-state index contributed by atoms with van der Waals surface area (Å²) in [4.78, 5) is 27.4. The summed E-state index contributed by atoms with van der Waals surface area (Å²) in [5.74, 6) is -0.994. The van der Waals surface area contributed by atoms with Crippen LogP contribution >= 0.6 is 11.3 Å². The highest BCUT2D eigenvalue weighted by atomic mass is 32.1. The highest BCUT2D eigenvalue weighted by Crippen LogP contribution is 2.16. The molecule has 106 valence electrons. The summed E-state index contributed by atoms with van der Waals surface area (Å²) in [7, 11) is 0. The Morgan fingerprint density at radius 1 is 1.48 bits per heavy atom. The predicted octanol–water partition coefficient (Wildman–Crippen LogP) is 1.10. The third-order valence-corrected chi connectivity index (χ3v) is 3.73. The zero-order chi connectivity index (χ0) is 14.8. The first kappa shape index (κ1) is 13.3. The van der Waals surface area contributed by atoms with Crippen LogP contribution in [0.25, 0.3) is 11.7 Å². The molecule has 0 atom stereocenters. The first-order chi connectivity index (χ1) is 10.1. The van der Waals surface area contributed by atoms with Crippen molar-refractivity contribution in [2.75, 3.05) is 0 Å². The molecular formula is C13H10N4O3S. The Kier molecular flexibility index (Phi) is 3.36. The second-order valence-electron chi connectivity index (χ2n) is 4.26. The lowest BCUT2D eigenvalue weighted by molar-refractivity contribution is -0.131. The number of carboxylic acids is 1. The van der Waals surface area contributed by atoms with Gasteiger partial charge in [-0.25, -0.2) is 18.7 Å². The third-order valence-electron chi connectivity index (χ3n) is 2.79. The molecule has 7 nitrogen and oxygen atoms in total. The number of rotatable bonds is 4. The molecule has 0 radical (unpaired) electrons. The molecule has 0 aliphatic heterocycles. The van der Waals surface area contributed by atoms with Crippen LogP contribution in [0.1, 0.15) is 10.4 Å². The van der Waals surface area contributed by atoms with Crippen molar-refractivity contribution in [2.45, 2.75) is 6.54 Å². The molecule has 3 heterocycles. The number of hydrogen-bond donors (Lipinski definition) is 1. The Bertz CT molecular complexity index is 890. The van der Waals surface area contributed by atoms with Crippen LogP contribution in [0.5, 0.6) is 0 Å². The number of aromatic nitrogens is 4. The van der Waals surface area contributed by atoms with E-state index in [2.05, 4.69) is 10.1 Å². The summed E-state index contributed by atoms with van der Waals surface area (Å²) in [6.07, 6.45) is 7.21. The predicted molar refractivity (Wildman–Crippen MR) is 77.3 cm³/mol. The molecule has 0 saturated heterocycles. The zero-order valence-electron chi connectivity index (χ0n) is 10.7. The van der Waals surface area contributed by atoms with Crippen LogP contribution in [0.2, 0.25) is 0 Å². The van der Waals surface area contributed by atoms with Crippen molar-refractivity contribution < 1.29 is 9.90 Å². The SMILES string of the molecule is O=C(O)C=Cc1csc(Cn2nc3cnccn3c2=O)c1. The average molecular weight is 302 g/mol. The van der Waals surface area contributed by atoms with Crippen molar-refractivity contribution in [3.05, 3.63) is 57.0 Å². The quantitative estimate of drug-likeness (QED) is 0.729. The third kappa shape index (κ3) is 2.75. The standard InChI is InChI=1S/C13H10N4O3S/c18-12(19)2-1-9-5-10(21-8-9)7-17-13(20)16-4-3-14-6-11(16)15-17/h1-6,8H,7H2,(H,18,19). The van der Waals surface area contributed by atoms with Crippen molar-refractivity contribution >= 4 is 29.0 Å². The summed E-state index contributed by atoms with van der Waals surface area (Å²) in [6.45, 7) is 0.339. The van der Waals surface area contributed by atoms with E-state index in [9.17, 15) is 9.59 Å². The first-order valence-electron chi connectivity index (χ1n) is 6.01. The molecule has 1 N–H and O–H groups in total. The van der Waals surface area contributed by atoms with Crippen LogP contribution in [-0.2, 0) is 11.3 Å². The van der Waals surface area contributed by atoms with Gasteiger partial charge in [0, 0.05) is 23.3 Å². The van der Waals surface area contributed by atoms with Crippen LogP contribution in [0, 0.1) is 0 Å². The van der Waals surface area contributed by atoms with E-state index in [1.807, 2.05) is 11.4 Å². The van der Waals surface area contributed by atoms with Crippen LogP contribution in [-0.4, -0.2) is 30.2 Å². The molecule has 21 heavy (non-hydrogen) atoms. The maximum Gasteiger partial charge on any atom is 0.350 e. The van der Waals surface area contributed by atoms with Crippen molar-refractivity contribution in [1.82, 2.24) is 19.2 Å². The average Bonchev–Trinajstić information content (AvgIpc) is 3.03. The minimum atomic E-state index is -0.994. The van der Waals surface area contributed by atoms with Crippen LogP contribution in [0.3, 0.4) is 0 Å². The Morgan fingerprint density at radius 3 is 3.10 bits per heavy atom. The zero-order valence-corrected chi connectivity index (χ0v) is 11.5. The van der Waals surface area contributed by atoms with Gasteiger partial charge in [-0.2, -0.15) is 0 Å². The maximum atomic E-state index is 12.1. The van der Waals surface area contributed by atoms with Gasteiger partial charge in [-0.3, -0.25) is 4.98 Å². The van der Waals surface area contributed by atoms with E-state index in [0.717, 1.165) is 16.5 Å². The largest absolute Gasteiger partial charge is 0.478 e. The number of aliphatic carboxylic acids is 1. The van der Waals surface area contributed by atoms with E-state index in [1.165, 1.54) is 38.9 Å². The second-order valence-corrected chi connectivity index (χ2v) is 5.26. The lowest BCUT2D eigenvalue weighted by Gasteiger charge is -1.94. The second kappa shape index (κ2) is 5.33. The van der Waals surface area contributed by atoms with Gasteiger partial charge in [-0.15, -0.1) is 16.4 Å². The summed E-state index contributed by atoms with van der Waals surface area (Å²) in [5.41, 5.74) is 1.05. The van der Waals surface area contributed by atoms with Crippen molar-refractivity contribution in [1.29, 1.82) is 0 Å². The maximum absolute atomic E-state index is 12.1. The fraction of sp³-hybridized carbons (Fsp3) is 0.0769. The Labute approximate surface area is 122 Å². The molecule has 0 bridgehead atoms. The minimum Gasteiger partial charge on any atom is -0.478 e. The number of carboxylic acid groups (broad SMARTS) is 1. The molecule has 0 aliphatic carbocycles. The molecule has 0 saturated carbocycles. The van der Waals surface area contributed by atoms with Crippen LogP contribution in [0.15, 0.2) is 40.9 Å². The van der Waals surface area contributed by atoms with Crippen LogP contribution in [0.4, 0.5) is 0 Å². The molecule has 3 aromatic heterocycles. The number of nitrogens with zero attached hydrogens (tertiary/aromatic N) is 4. The van der Waals surface area contributed by atoms with Gasteiger partial charge in [0.15, 0.2) is 5.65 Å². The molecule has 3 aromatic rings. The lowest BCUT2D eigenvalue weighted by Crippen LogP contribution is -2.21. The molecule has 3 rings (SSSR count). The van der Waals surface area contributed by atoms with Gasteiger partial charge in [0.1, 0.15) is 0 Å². The van der Waals surface area contributed by atoms with E-state index in [-0.39, 0.29) is 5.69 Å². The normalized spacial score (nSPS) is 11.4. The van der Waals surface area contributed by atoms with E-state index >= 15 is 0 Å². The van der Waals surface area contributed by atoms with Gasteiger partial charge < -0.3 is 5.11 Å². The summed E-state index contributed by atoms with van der Waals surface area (Å²) in [6, 6.07) is 1.83. The fourth-order valence-corrected chi connectivity index (χ4v) is 2.70. The van der Waals surface area contributed by atoms with Gasteiger partial charge in [-0.05, 0) is 23.1 Å². The molecule has 0 fully saturated rings. The molecule has 0 amide bonds. The molecule has 0 spiro atoms.